The van der Waals surface area contributed by atoms with Crippen LogP contribution in [0.2, 0.25) is 5.02 Å². The van der Waals surface area contributed by atoms with Crippen molar-refractivity contribution in [1.82, 2.24) is 35.0 Å². The number of aromatic nitrogens is 7. The lowest BCUT2D eigenvalue weighted by Gasteiger charge is -2.16. The fourth-order valence-corrected chi connectivity index (χ4v) is 3.59. The molecule has 0 atom stereocenters. The first kappa shape index (κ1) is 25.3. The molecule has 12 nitrogen and oxygen atoms in total. The lowest BCUT2D eigenvalue weighted by Crippen LogP contribution is -2.26. The predicted molar refractivity (Wildman–Crippen MR) is 116 cm³/mol. The molecule has 0 fully saturated rings. The molecule has 0 spiro atoms. The summed E-state index contributed by atoms with van der Waals surface area (Å²) in [7, 11) is 0. The van der Waals surface area contributed by atoms with Crippen LogP contribution < -0.4 is 10.4 Å². The van der Waals surface area contributed by atoms with E-state index in [1.165, 1.54) is 31.3 Å². The van der Waals surface area contributed by atoms with Crippen molar-refractivity contribution in [2.45, 2.75) is 19.6 Å². The smallest absolute Gasteiger partial charge is 0.453 e. The zero-order valence-corrected chi connectivity index (χ0v) is 19.2. The number of carboxylic acid groups (broad SMARTS) is 1. The lowest BCUT2D eigenvalue weighted by atomic mass is 10.0. The number of pyridine rings is 1. The summed E-state index contributed by atoms with van der Waals surface area (Å²) < 4.78 is 41.0. The monoisotopic (exact) mass is 530 g/mol. The highest BCUT2D eigenvalue weighted by molar-refractivity contribution is 6.32. The first-order chi connectivity index (χ1) is 17.5. The van der Waals surface area contributed by atoms with Crippen molar-refractivity contribution in [3.8, 4) is 11.9 Å². The van der Waals surface area contributed by atoms with Crippen LogP contribution in [0, 0.1) is 18.3 Å². The summed E-state index contributed by atoms with van der Waals surface area (Å²) in [5, 5.41) is 36.8. The van der Waals surface area contributed by atoms with Crippen LogP contribution in [0.4, 0.5) is 18.9 Å². The molecule has 0 saturated carbocycles. The number of alkyl halides is 3. The van der Waals surface area contributed by atoms with Gasteiger partial charge in [-0.05, 0) is 53.2 Å². The number of hydrogen-bond acceptors (Lipinski definition) is 9. The van der Waals surface area contributed by atoms with Gasteiger partial charge in [-0.2, -0.15) is 23.5 Å². The van der Waals surface area contributed by atoms with E-state index in [2.05, 4.69) is 30.9 Å². The minimum Gasteiger partial charge on any atom is -0.545 e. The topological polar surface area (TPSA) is 167 Å². The molecule has 1 amide bonds. The Kier molecular flexibility index (Phi) is 6.60. The van der Waals surface area contributed by atoms with Crippen LogP contribution in [0.5, 0.6) is 0 Å². The zero-order chi connectivity index (χ0) is 26.9. The van der Waals surface area contributed by atoms with Crippen LogP contribution in [-0.2, 0) is 12.7 Å². The van der Waals surface area contributed by atoms with E-state index in [0.29, 0.717) is 4.68 Å². The average Bonchev–Trinajstić information content (AvgIpc) is 3.47. The van der Waals surface area contributed by atoms with E-state index in [9.17, 15) is 27.9 Å². The Labute approximate surface area is 209 Å². The number of halogens is 4. The van der Waals surface area contributed by atoms with Gasteiger partial charge in [0, 0.05) is 11.8 Å². The molecular formula is C21H12ClF3N9O3-. The van der Waals surface area contributed by atoms with Gasteiger partial charge in [-0.25, -0.2) is 14.3 Å². The van der Waals surface area contributed by atoms with Gasteiger partial charge in [0.2, 0.25) is 0 Å². The standard InChI is InChI=1S/C21H13ClF3N9O3/c1-10-5-11(8-26)6-13(19(36)37)16(10)28-18(35)15-7-12(9-33-20(21(23,24)25)29-31-32-33)30-34(15)17-14(22)3-2-4-27-17/h2-7H,9H2,1H3,(H,28,35)(H,36,37)/p-1. The highest BCUT2D eigenvalue weighted by Crippen LogP contribution is 2.28. The Hall–Kier alpha value is -4.84. The van der Waals surface area contributed by atoms with Gasteiger partial charge < -0.3 is 15.2 Å². The molecule has 16 heteroatoms. The van der Waals surface area contributed by atoms with E-state index in [1.807, 2.05) is 6.07 Å². The van der Waals surface area contributed by atoms with Gasteiger partial charge in [-0.1, -0.05) is 11.6 Å². The number of carboxylic acids is 1. The van der Waals surface area contributed by atoms with Crippen LogP contribution in [0.1, 0.15) is 43.5 Å². The van der Waals surface area contributed by atoms with Crippen LogP contribution in [0.15, 0.2) is 36.5 Å². The molecule has 188 valence electrons. The fraction of sp³-hybridized carbons (Fsp3) is 0.143. The van der Waals surface area contributed by atoms with Gasteiger partial charge in [-0.15, -0.1) is 5.10 Å². The molecule has 0 aliphatic rings. The van der Waals surface area contributed by atoms with Crippen LogP contribution >= 0.6 is 11.6 Å². The van der Waals surface area contributed by atoms with Crippen molar-refractivity contribution in [1.29, 1.82) is 5.26 Å². The summed E-state index contributed by atoms with van der Waals surface area (Å²) in [5.74, 6) is -3.94. The molecule has 3 heterocycles. The molecule has 0 aliphatic heterocycles. The van der Waals surface area contributed by atoms with Gasteiger partial charge in [0.05, 0.1) is 40.6 Å². The van der Waals surface area contributed by atoms with Crippen molar-refractivity contribution in [2.24, 2.45) is 0 Å². The number of aryl methyl sites for hydroxylation is 1. The van der Waals surface area contributed by atoms with E-state index in [1.54, 1.807) is 0 Å². The normalized spacial score (nSPS) is 11.2. The van der Waals surface area contributed by atoms with Crippen molar-refractivity contribution in [2.75, 3.05) is 5.32 Å². The van der Waals surface area contributed by atoms with E-state index in [4.69, 9.17) is 16.9 Å². The first-order valence-corrected chi connectivity index (χ1v) is 10.5. The number of benzene rings is 1. The van der Waals surface area contributed by atoms with Gasteiger partial charge in [0.15, 0.2) is 5.82 Å². The number of hydrogen-bond donors (Lipinski definition) is 1. The van der Waals surface area contributed by atoms with Crippen LogP contribution in [-0.4, -0.2) is 46.8 Å². The van der Waals surface area contributed by atoms with Gasteiger partial charge in [0.1, 0.15) is 5.69 Å². The lowest BCUT2D eigenvalue weighted by molar-refractivity contribution is -0.254. The van der Waals surface area contributed by atoms with Gasteiger partial charge >= 0.3 is 6.18 Å². The van der Waals surface area contributed by atoms with Gasteiger partial charge in [0.25, 0.3) is 11.7 Å². The number of aromatic carboxylic acids is 1. The average molecular weight is 531 g/mol. The Morgan fingerprint density at radius 1 is 1.27 bits per heavy atom. The number of nitrogens with one attached hydrogen (secondary N) is 1. The molecule has 0 radical (unpaired) electrons. The van der Waals surface area contributed by atoms with Crippen molar-refractivity contribution in [3.63, 3.8) is 0 Å². The number of carbonyl (C=O) groups is 2. The molecule has 4 rings (SSSR count). The molecule has 3 aromatic heterocycles. The summed E-state index contributed by atoms with van der Waals surface area (Å²) in [6.45, 7) is 0.900. The summed E-state index contributed by atoms with van der Waals surface area (Å²) in [4.78, 5) is 29.0. The number of tetrazole rings is 1. The second-order valence-corrected chi connectivity index (χ2v) is 7.88. The number of nitrogens with zero attached hydrogens (tertiary/aromatic N) is 8. The molecule has 0 bridgehead atoms. The highest BCUT2D eigenvalue weighted by Gasteiger charge is 2.38. The maximum atomic E-state index is 13.3. The maximum Gasteiger partial charge on any atom is 0.453 e. The minimum atomic E-state index is -4.84. The number of amides is 1. The SMILES string of the molecule is Cc1cc(C#N)cc(C(=O)[O-])c1NC(=O)c1cc(Cn2nnnc2C(F)(F)F)nn1-c1ncccc1Cl. The third kappa shape index (κ3) is 5.09. The van der Waals surface area contributed by atoms with Gasteiger partial charge in [-0.3, -0.25) is 4.79 Å². The van der Waals surface area contributed by atoms with E-state index >= 15 is 0 Å². The van der Waals surface area contributed by atoms with Crippen molar-refractivity contribution >= 4 is 29.2 Å². The summed E-state index contributed by atoms with van der Waals surface area (Å²) >= 11 is 6.20. The number of carbonyl (C=O) groups excluding carboxylic acids is 2. The first-order valence-electron chi connectivity index (χ1n) is 10.1. The van der Waals surface area contributed by atoms with E-state index in [-0.39, 0.29) is 39.0 Å². The third-order valence-corrected chi connectivity index (χ3v) is 5.25. The molecular weight excluding hydrogens is 519 g/mol. The van der Waals surface area contributed by atoms with Crippen LogP contribution in [0.25, 0.3) is 5.82 Å². The van der Waals surface area contributed by atoms with E-state index in [0.717, 1.165) is 16.8 Å². The molecule has 37 heavy (non-hydrogen) atoms. The Balaban J connectivity index is 1.79. The molecule has 1 N–H and O–H groups in total. The second kappa shape index (κ2) is 9.66. The fourth-order valence-electron chi connectivity index (χ4n) is 3.39. The summed E-state index contributed by atoms with van der Waals surface area (Å²) in [6, 6.07) is 8.32. The molecule has 0 unspecified atom stereocenters. The second-order valence-electron chi connectivity index (χ2n) is 7.47. The quantitative estimate of drug-likeness (QED) is 0.390. The molecule has 0 saturated heterocycles. The largest absolute Gasteiger partial charge is 0.545 e. The number of rotatable bonds is 6. The zero-order valence-electron chi connectivity index (χ0n) is 18.5. The molecule has 4 aromatic rings. The van der Waals surface area contributed by atoms with Crippen LogP contribution in [0.3, 0.4) is 0 Å². The maximum absolute atomic E-state index is 13.3. The molecule has 1 aromatic carbocycles. The van der Waals surface area contributed by atoms with E-state index < -0.39 is 36.0 Å². The number of anilines is 1. The third-order valence-electron chi connectivity index (χ3n) is 4.95. The Bertz CT molecular complexity index is 1570. The number of nitriles is 1. The van der Waals surface area contributed by atoms with Crippen molar-refractivity contribution in [3.05, 3.63) is 75.5 Å². The minimum absolute atomic E-state index is 0.0231. The Morgan fingerprint density at radius 3 is 2.68 bits per heavy atom. The summed E-state index contributed by atoms with van der Waals surface area (Å²) in [6.07, 6.45) is -3.49. The van der Waals surface area contributed by atoms with Crippen molar-refractivity contribution < 1.29 is 27.9 Å². The predicted octanol–water partition coefficient (Wildman–Crippen LogP) is 1.77. The highest BCUT2D eigenvalue weighted by atomic mass is 35.5. The summed E-state index contributed by atoms with van der Waals surface area (Å²) in [5.41, 5.74) is -0.631. The Morgan fingerprint density at radius 2 is 2.03 bits per heavy atom. The molecule has 0 aliphatic carbocycles.